The van der Waals surface area contributed by atoms with Gasteiger partial charge in [0.05, 0.1) is 19.8 Å². The number of carboxylic acid groups (broad SMARTS) is 1. The Morgan fingerprint density at radius 3 is 2.79 bits per heavy atom. The number of aromatic nitrogens is 1. The minimum Gasteiger partial charge on any atom is -0.492 e. The van der Waals surface area contributed by atoms with E-state index in [2.05, 4.69) is 4.98 Å². The van der Waals surface area contributed by atoms with Crippen LogP contribution in [0.1, 0.15) is 22.5 Å². The summed E-state index contributed by atoms with van der Waals surface area (Å²) in [5, 5.41) is 9.00. The van der Waals surface area contributed by atoms with Crippen molar-refractivity contribution in [2.24, 2.45) is 0 Å². The molecule has 0 aliphatic rings. The summed E-state index contributed by atoms with van der Waals surface area (Å²) in [6, 6.07) is 1.62. The summed E-state index contributed by atoms with van der Waals surface area (Å²) in [7, 11) is 1.62. The highest BCUT2D eigenvalue weighted by Gasteiger charge is 2.11. The van der Waals surface area contributed by atoms with Gasteiger partial charge in [-0.1, -0.05) is 0 Å². The van der Waals surface area contributed by atoms with Crippen molar-refractivity contribution in [1.82, 2.24) is 4.98 Å². The van der Waals surface area contributed by atoms with E-state index in [9.17, 15) is 4.79 Å². The number of carboxylic acids is 1. The van der Waals surface area contributed by atoms with Crippen LogP contribution in [0.3, 0.4) is 0 Å². The predicted molar refractivity (Wildman–Crippen MR) is 68.7 cm³/mol. The summed E-state index contributed by atoms with van der Waals surface area (Å²) in [5.41, 5.74) is 0.794. The molecule has 0 aromatic carbocycles. The summed E-state index contributed by atoms with van der Waals surface area (Å²) < 4.78 is 15.6. The predicted octanol–water partition coefficient (Wildman–Crippen LogP) is 1.52. The van der Waals surface area contributed by atoms with Gasteiger partial charge in [0.2, 0.25) is 0 Å². The number of pyridine rings is 1. The van der Waals surface area contributed by atoms with Crippen molar-refractivity contribution in [1.29, 1.82) is 0 Å². The number of methoxy groups -OCH3 is 1. The minimum atomic E-state index is -1.04. The number of aryl methyl sites for hydroxylation is 1. The highest BCUT2D eigenvalue weighted by molar-refractivity contribution is 5.90. The molecule has 6 nitrogen and oxygen atoms in total. The van der Waals surface area contributed by atoms with Crippen molar-refractivity contribution in [2.45, 2.75) is 13.3 Å². The van der Waals surface area contributed by atoms with Gasteiger partial charge in [0.15, 0.2) is 0 Å². The van der Waals surface area contributed by atoms with Crippen molar-refractivity contribution in [3.8, 4) is 5.75 Å². The van der Waals surface area contributed by atoms with Gasteiger partial charge in [-0.15, -0.1) is 0 Å². The van der Waals surface area contributed by atoms with Gasteiger partial charge in [-0.05, 0) is 6.92 Å². The van der Waals surface area contributed by atoms with Crippen LogP contribution in [0, 0.1) is 6.92 Å². The van der Waals surface area contributed by atoms with E-state index in [-0.39, 0.29) is 5.56 Å². The molecule has 0 radical (unpaired) electrons. The molecular formula is C13H19NO5. The number of ether oxygens (including phenoxy) is 3. The Balaban J connectivity index is 2.36. The third-order valence-electron chi connectivity index (χ3n) is 2.36. The summed E-state index contributed by atoms with van der Waals surface area (Å²) in [5.74, 6) is -0.698. The number of nitrogens with zero attached hydrogens (tertiary/aromatic N) is 1. The second kappa shape index (κ2) is 8.44. The van der Waals surface area contributed by atoms with Crippen LogP contribution < -0.4 is 4.74 Å². The molecule has 1 N–H and O–H groups in total. The van der Waals surface area contributed by atoms with Gasteiger partial charge in [0.1, 0.15) is 11.3 Å². The quantitative estimate of drug-likeness (QED) is 0.685. The zero-order valence-corrected chi connectivity index (χ0v) is 11.2. The third-order valence-corrected chi connectivity index (χ3v) is 2.36. The Kier molecular flexibility index (Phi) is 6.84. The lowest BCUT2D eigenvalue weighted by atomic mass is 10.2. The molecule has 0 bridgehead atoms. The molecule has 0 spiro atoms. The molecule has 0 aliphatic heterocycles. The molecule has 1 heterocycles. The molecule has 1 aromatic heterocycles. The standard InChI is InChI=1S/C13H19NO5/c1-10-8-12(11(9-14-10)13(15)16)19-5-3-4-18-7-6-17-2/h8-9H,3-7H2,1-2H3,(H,15,16). The maximum Gasteiger partial charge on any atom is 0.341 e. The molecule has 0 aliphatic carbocycles. The van der Waals surface area contributed by atoms with Crippen molar-refractivity contribution in [3.63, 3.8) is 0 Å². The minimum absolute atomic E-state index is 0.0749. The molecule has 19 heavy (non-hydrogen) atoms. The molecule has 1 rings (SSSR count). The van der Waals surface area contributed by atoms with Gasteiger partial charge in [0, 0.05) is 38.1 Å². The topological polar surface area (TPSA) is 77.9 Å². The van der Waals surface area contributed by atoms with E-state index in [0.717, 1.165) is 5.69 Å². The van der Waals surface area contributed by atoms with Crippen LogP contribution in [-0.4, -0.2) is 49.6 Å². The molecule has 106 valence electrons. The first-order valence-corrected chi connectivity index (χ1v) is 6.04. The van der Waals surface area contributed by atoms with Crippen molar-refractivity contribution in [3.05, 3.63) is 23.5 Å². The van der Waals surface area contributed by atoms with E-state index in [1.165, 1.54) is 6.20 Å². The van der Waals surface area contributed by atoms with Gasteiger partial charge in [-0.2, -0.15) is 0 Å². The number of hydrogen-bond acceptors (Lipinski definition) is 5. The molecular weight excluding hydrogens is 250 g/mol. The van der Waals surface area contributed by atoms with Gasteiger partial charge >= 0.3 is 5.97 Å². The lowest BCUT2D eigenvalue weighted by Crippen LogP contribution is -2.09. The average molecular weight is 269 g/mol. The summed E-state index contributed by atoms with van der Waals surface area (Å²) >= 11 is 0. The monoisotopic (exact) mass is 269 g/mol. The fourth-order valence-electron chi connectivity index (χ4n) is 1.40. The second-order valence-electron chi connectivity index (χ2n) is 3.93. The van der Waals surface area contributed by atoms with Crippen LogP contribution in [0.25, 0.3) is 0 Å². The Morgan fingerprint density at radius 1 is 1.32 bits per heavy atom. The molecule has 0 fully saturated rings. The first-order chi connectivity index (χ1) is 9.15. The van der Waals surface area contributed by atoms with Crippen molar-refractivity contribution in [2.75, 3.05) is 33.5 Å². The van der Waals surface area contributed by atoms with Crippen LogP contribution in [0.4, 0.5) is 0 Å². The lowest BCUT2D eigenvalue weighted by Gasteiger charge is -2.09. The van der Waals surface area contributed by atoms with E-state index < -0.39 is 5.97 Å². The molecule has 0 saturated heterocycles. The lowest BCUT2D eigenvalue weighted by molar-refractivity contribution is 0.0637. The second-order valence-corrected chi connectivity index (χ2v) is 3.93. The van der Waals surface area contributed by atoms with Crippen LogP contribution in [-0.2, 0) is 9.47 Å². The largest absolute Gasteiger partial charge is 0.492 e. The van der Waals surface area contributed by atoms with Crippen LogP contribution in [0.2, 0.25) is 0 Å². The molecule has 0 unspecified atom stereocenters. The van der Waals surface area contributed by atoms with E-state index in [4.69, 9.17) is 19.3 Å². The Labute approximate surface area is 112 Å². The van der Waals surface area contributed by atoms with Gasteiger partial charge < -0.3 is 19.3 Å². The summed E-state index contributed by atoms with van der Waals surface area (Å²) in [4.78, 5) is 14.9. The van der Waals surface area contributed by atoms with Crippen LogP contribution in [0.15, 0.2) is 12.3 Å². The number of rotatable bonds is 9. The average Bonchev–Trinajstić information content (AvgIpc) is 2.37. The Morgan fingerprint density at radius 2 is 2.11 bits per heavy atom. The van der Waals surface area contributed by atoms with E-state index >= 15 is 0 Å². The van der Waals surface area contributed by atoms with Crippen molar-refractivity contribution >= 4 is 5.97 Å². The van der Waals surface area contributed by atoms with E-state index in [0.29, 0.717) is 38.6 Å². The smallest absolute Gasteiger partial charge is 0.341 e. The summed E-state index contributed by atoms with van der Waals surface area (Å²) in [6.45, 7) is 3.84. The highest BCUT2D eigenvalue weighted by Crippen LogP contribution is 2.18. The normalized spacial score (nSPS) is 10.4. The zero-order valence-electron chi connectivity index (χ0n) is 11.2. The zero-order chi connectivity index (χ0) is 14.1. The van der Waals surface area contributed by atoms with Gasteiger partial charge in [0.25, 0.3) is 0 Å². The fourth-order valence-corrected chi connectivity index (χ4v) is 1.40. The van der Waals surface area contributed by atoms with Crippen LogP contribution in [0.5, 0.6) is 5.75 Å². The first kappa shape index (κ1) is 15.4. The first-order valence-electron chi connectivity index (χ1n) is 6.04. The third kappa shape index (κ3) is 5.67. The van der Waals surface area contributed by atoms with Gasteiger partial charge in [-0.25, -0.2) is 4.79 Å². The molecule has 0 saturated carbocycles. The SMILES string of the molecule is COCCOCCCOc1cc(C)ncc1C(=O)O. The molecule has 0 amide bonds. The summed E-state index contributed by atoms with van der Waals surface area (Å²) in [6.07, 6.45) is 1.99. The Bertz CT molecular complexity index is 408. The van der Waals surface area contributed by atoms with E-state index in [1.807, 2.05) is 0 Å². The maximum absolute atomic E-state index is 11.0. The highest BCUT2D eigenvalue weighted by atomic mass is 16.5. The Hall–Kier alpha value is -1.66. The molecule has 0 atom stereocenters. The van der Waals surface area contributed by atoms with Crippen molar-refractivity contribution < 1.29 is 24.1 Å². The molecule has 6 heteroatoms. The number of carbonyl (C=O) groups is 1. The molecule has 1 aromatic rings. The maximum atomic E-state index is 11.0. The van der Waals surface area contributed by atoms with E-state index in [1.54, 1.807) is 20.1 Å². The van der Waals surface area contributed by atoms with Crippen LogP contribution >= 0.6 is 0 Å². The van der Waals surface area contributed by atoms with Gasteiger partial charge in [-0.3, -0.25) is 4.98 Å². The number of aromatic carboxylic acids is 1. The fraction of sp³-hybridized carbons (Fsp3) is 0.538. The number of hydrogen-bond donors (Lipinski definition) is 1.